The lowest BCUT2D eigenvalue weighted by molar-refractivity contribution is 0.687. The van der Waals surface area contributed by atoms with E-state index in [1.54, 1.807) is 0 Å². The SMILES string of the molecule is CC(C)[Si](C)(C(C)C)N(C)[Si](C)C. The summed E-state index contributed by atoms with van der Waals surface area (Å²) in [7, 11) is 0.893. The smallest absolute Gasteiger partial charge is 0.123 e. The molecule has 1 radical (unpaired) electrons. The second-order valence-corrected chi connectivity index (χ2v) is 13.5. The normalized spacial score (nSPS) is 13.8. The van der Waals surface area contributed by atoms with Gasteiger partial charge in [0, 0.05) is 0 Å². The summed E-state index contributed by atoms with van der Waals surface area (Å²) in [5.41, 5.74) is 1.72. The third kappa shape index (κ3) is 2.67. The van der Waals surface area contributed by atoms with Gasteiger partial charge in [-0.1, -0.05) is 47.3 Å². The molecule has 0 spiro atoms. The van der Waals surface area contributed by atoms with Crippen LogP contribution in [0.25, 0.3) is 0 Å². The van der Waals surface area contributed by atoms with Crippen molar-refractivity contribution in [2.24, 2.45) is 0 Å². The summed E-state index contributed by atoms with van der Waals surface area (Å²) < 4.78 is 2.74. The molecule has 0 saturated heterocycles. The molecule has 13 heavy (non-hydrogen) atoms. The van der Waals surface area contributed by atoms with Gasteiger partial charge in [-0.3, -0.25) is 0 Å². The van der Waals surface area contributed by atoms with E-state index >= 15 is 0 Å². The van der Waals surface area contributed by atoms with Crippen molar-refractivity contribution < 1.29 is 0 Å². The largest absolute Gasteiger partial charge is 0.349 e. The van der Waals surface area contributed by atoms with E-state index in [0.29, 0.717) is 0 Å². The molecular formula is C10H26NSi2. The molecule has 0 atom stereocenters. The van der Waals surface area contributed by atoms with Crippen LogP contribution in [-0.4, -0.2) is 28.5 Å². The van der Waals surface area contributed by atoms with Crippen molar-refractivity contribution in [3.8, 4) is 0 Å². The maximum absolute atomic E-state index is 2.74. The Bertz CT molecular complexity index is 147. The summed E-state index contributed by atoms with van der Waals surface area (Å²) in [5, 5.41) is 0. The molecule has 3 heteroatoms. The van der Waals surface area contributed by atoms with Crippen molar-refractivity contribution in [2.45, 2.75) is 58.4 Å². The first-order chi connectivity index (χ1) is 5.74. The van der Waals surface area contributed by atoms with Crippen molar-refractivity contribution in [3.63, 3.8) is 0 Å². The Hall–Kier alpha value is 0.394. The van der Waals surface area contributed by atoms with Crippen molar-refractivity contribution >= 4 is 17.2 Å². The Balaban J connectivity index is 4.79. The van der Waals surface area contributed by atoms with Crippen LogP contribution in [0.1, 0.15) is 27.7 Å². The zero-order valence-corrected chi connectivity index (χ0v) is 12.6. The van der Waals surface area contributed by atoms with Crippen molar-refractivity contribution in [1.29, 1.82) is 0 Å². The molecule has 0 rings (SSSR count). The molecule has 0 aromatic carbocycles. The van der Waals surface area contributed by atoms with Crippen LogP contribution in [0.5, 0.6) is 0 Å². The van der Waals surface area contributed by atoms with Gasteiger partial charge >= 0.3 is 0 Å². The number of hydrogen-bond acceptors (Lipinski definition) is 1. The molecule has 0 fully saturated rings. The Morgan fingerprint density at radius 1 is 1.00 bits per heavy atom. The van der Waals surface area contributed by atoms with Crippen LogP contribution in [-0.2, 0) is 0 Å². The highest BCUT2D eigenvalue weighted by Gasteiger charge is 2.39. The predicted molar refractivity (Wildman–Crippen MR) is 67.1 cm³/mol. The first kappa shape index (κ1) is 13.4. The van der Waals surface area contributed by atoms with E-state index in [-0.39, 0.29) is 8.96 Å². The van der Waals surface area contributed by atoms with Crippen molar-refractivity contribution in [2.75, 3.05) is 7.05 Å². The third-order valence-corrected chi connectivity index (χ3v) is 14.0. The average molecular weight is 216 g/mol. The molecule has 0 saturated carbocycles. The summed E-state index contributed by atoms with van der Waals surface area (Å²) in [6, 6.07) is 0. The molecular weight excluding hydrogens is 190 g/mol. The standard InChI is InChI=1S/C10H26NSi2/c1-9(2)13(8,10(3)4)11(5)12(6)7/h9-10H,1-8H3. The lowest BCUT2D eigenvalue weighted by Crippen LogP contribution is -2.57. The van der Waals surface area contributed by atoms with Gasteiger partial charge in [0.2, 0.25) is 0 Å². The van der Waals surface area contributed by atoms with E-state index in [4.69, 9.17) is 0 Å². The molecule has 0 N–H and O–H groups in total. The Morgan fingerprint density at radius 2 is 1.31 bits per heavy atom. The number of nitrogens with zero attached hydrogens (tertiary/aromatic N) is 1. The van der Waals surface area contributed by atoms with Crippen LogP contribution in [0.4, 0.5) is 0 Å². The minimum absolute atomic E-state index is 0.263. The van der Waals surface area contributed by atoms with E-state index in [0.717, 1.165) is 11.1 Å². The van der Waals surface area contributed by atoms with Crippen LogP contribution in [0.3, 0.4) is 0 Å². The quantitative estimate of drug-likeness (QED) is 0.650. The second kappa shape index (κ2) is 4.76. The van der Waals surface area contributed by atoms with Gasteiger partial charge in [0.1, 0.15) is 17.2 Å². The van der Waals surface area contributed by atoms with Crippen LogP contribution >= 0.6 is 0 Å². The first-order valence-electron chi connectivity index (χ1n) is 5.28. The van der Waals surface area contributed by atoms with E-state index in [1.165, 1.54) is 0 Å². The van der Waals surface area contributed by atoms with Crippen LogP contribution in [0.15, 0.2) is 0 Å². The summed E-state index contributed by atoms with van der Waals surface area (Å²) >= 11 is 0. The van der Waals surface area contributed by atoms with E-state index in [9.17, 15) is 0 Å². The highest BCUT2D eigenvalue weighted by atomic mass is 28.4. The summed E-state index contributed by atoms with van der Waals surface area (Å²) in [4.78, 5) is 0. The molecule has 79 valence electrons. The highest BCUT2D eigenvalue weighted by Crippen LogP contribution is 2.34. The first-order valence-corrected chi connectivity index (χ1v) is 10.3. The average Bonchev–Trinajstić information content (AvgIpc) is 2.00. The van der Waals surface area contributed by atoms with Gasteiger partial charge in [-0.15, -0.1) is 0 Å². The maximum Gasteiger partial charge on any atom is 0.123 e. The zero-order chi connectivity index (χ0) is 10.8. The molecule has 0 aliphatic carbocycles. The zero-order valence-electron chi connectivity index (χ0n) is 10.6. The molecule has 0 unspecified atom stereocenters. The van der Waals surface area contributed by atoms with Crippen LogP contribution in [0, 0.1) is 0 Å². The molecule has 0 aromatic heterocycles. The maximum atomic E-state index is 2.74. The minimum atomic E-state index is -1.19. The molecule has 0 bridgehead atoms. The second-order valence-electron chi connectivity index (χ2n) is 5.04. The highest BCUT2D eigenvalue weighted by molar-refractivity contribution is 6.86. The minimum Gasteiger partial charge on any atom is -0.349 e. The van der Waals surface area contributed by atoms with Gasteiger partial charge in [0.05, 0.1) is 0 Å². The lowest BCUT2D eigenvalue weighted by atomic mass is 10.5. The Labute approximate surface area is 87.3 Å². The van der Waals surface area contributed by atoms with Crippen LogP contribution in [0.2, 0.25) is 30.7 Å². The molecule has 0 aliphatic heterocycles. The number of hydrogen-bond donors (Lipinski definition) is 0. The fourth-order valence-corrected chi connectivity index (χ4v) is 10.2. The van der Waals surface area contributed by atoms with Gasteiger partial charge < -0.3 is 4.23 Å². The lowest BCUT2D eigenvalue weighted by Gasteiger charge is -2.45. The molecule has 0 amide bonds. The molecule has 0 aliphatic rings. The van der Waals surface area contributed by atoms with Gasteiger partial charge in [-0.2, -0.15) is 0 Å². The molecule has 1 nitrogen and oxygen atoms in total. The van der Waals surface area contributed by atoms with Gasteiger partial charge in [0.25, 0.3) is 0 Å². The molecule has 0 aromatic rings. The fourth-order valence-electron chi connectivity index (χ4n) is 1.92. The Morgan fingerprint density at radius 3 is 1.38 bits per heavy atom. The van der Waals surface area contributed by atoms with E-state index in [1.807, 2.05) is 0 Å². The third-order valence-electron chi connectivity index (χ3n) is 3.73. The van der Waals surface area contributed by atoms with Crippen molar-refractivity contribution in [1.82, 2.24) is 4.23 Å². The van der Waals surface area contributed by atoms with Gasteiger partial charge in [0.15, 0.2) is 0 Å². The Kier molecular flexibility index (Phi) is 4.90. The molecule has 0 heterocycles. The monoisotopic (exact) mass is 216 g/mol. The predicted octanol–water partition coefficient (Wildman–Crippen LogP) is 3.56. The summed E-state index contributed by atoms with van der Waals surface area (Å²) in [6.07, 6.45) is 0. The number of rotatable bonds is 4. The fraction of sp³-hybridized carbons (Fsp3) is 1.00. The van der Waals surface area contributed by atoms with E-state index in [2.05, 4.69) is 58.6 Å². The summed E-state index contributed by atoms with van der Waals surface area (Å²) in [6.45, 7) is 16.9. The summed E-state index contributed by atoms with van der Waals surface area (Å²) in [5.74, 6) is 0. The van der Waals surface area contributed by atoms with Crippen molar-refractivity contribution in [3.05, 3.63) is 0 Å². The van der Waals surface area contributed by atoms with Gasteiger partial charge in [-0.05, 0) is 18.1 Å². The van der Waals surface area contributed by atoms with Crippen LogP contribution < -0.4 is 0 Å². The topological polar surface area (TPSA) is 3.24 Å². The van der Waals surface area contributed by atoms with Gasteiger partial charge in [-0.25, -0.2) is 0 Å². The van der Waals surface area contributed by atoms with E-state index < -0.39 is 8.24 Å².